The molecule has 364 valence electrons. The molecule has 2 aromatic rings. The average molecular weight is 936 g/mol. The maximum atomic E-state index is 14.7. The predicted molar refractivity (Wildman–Crippen MR) is 264 cm³/mol. The molecule has 0 aliphatic heterocycles. The molecule has 2 aromatic carbocycles. The molecule has 0 aromatic heterocycles. The van der Waals surface area contributed by atoms with Crippen molar-refractivity contribution in [3.63, 3.8) is 0 Å². The number of ketones is 1. The molecule has 67 heavy (non-hydrogen) atoms. The lowest BCUT2D eigenvalue weighted by atomic mass is 9.33. The van der Waals surface area contributed by atoms with Gasteiger partial charge in [-0.05, 0) is 164 Å². The van der Waals surface area contributed by atoms with Gasteiger partial charge < -0.3 is 20.1 Å². The molecule has 10 atom stereocenters. The number of carbonyl (C=O) groups excluding carboxylic acids is 4. The lowest BCUT2D eigenvalue weighted by Crippen LogP contribution is -2.68. The van der Waals surface area contributed by atoms with Crippen LogP contribution >= 0.6 is 11.6 Å². The zero-order chi connectivity index (χ0) is 48.3. The molecule has 1 unspecified atom stereocenters. The first-order valence-electron chi connectivity index (χ1n) is 25.9. The second kappa shape index (κ2) is 16.6. The number of hydrogen-bond donors (Lipinski definition) is 2. The molecule has 9 heteroatoms. The second-order valence-corrected chi connectivity index (χ2v) is 26.0. The third kappa shape index (κ3) is 7.69. The summed E-state index contributed by atoms with van der Waals surface area (Å²) in [6.07, 6.45) is 10.5. The van der Waals surface area contributed by atoms with Crippen LogP contribution in [0, 0.1) is 62.6 Å². The fourth-order valence-corrected chi connectivity index (χ4v) is 16.2. The molecule has 6 saturated carbocycles. The summed E-state index contributed by atoms with van der Waals surface area (Å²) >= 11 is 6.23. The molecular formula is C58H79ClN2O6. The molecule has 8 nitrogen and oxygen atoms in total. The summed E-state index contributed by atoms with van der Waals surface area (Å²) in [5, 5.41) is 8.06. The summed E-state index contributed by atoms with van der Waals surface area (Å²) in [6, 6.07) is 17.9. The van der Waals surface area contributed by atoms with Gasteiger partial charge in [-0.15, -0.1) is 0 Å². The van der Waals surface area contributed by atoms with Gasteiger partial charge in [0.2, 0.25) is 5.91 Å². The first kappa shape index (κ1) is 48.5. The number of allylic oxidation sites excluding steroid dienone is 1. The predicted octanol–water partition coefficient (Wildman–Crippen LogP) is 11.9. The minimum Gasteiger partial charge on any atom is -0.462 e. The summed E-state index contributed by atoms with van der Waals surface area (Å²) in [4.78, 5) is 56.3. The Kier molecular flexibility index (Phi) is 12.0. The lowest BCUT2D eigenvalue weighted by molar-refractivity contribution is -0.235. The van der Waals surface area contributed by atoms with Gasteiger partial charge in [0.1, 0.15) is 12.7 Å². The summed E-state index contributed by atoms with van der Waals surface area (Å²) in [7, 11) is 0. The number of fused-ring (bicyclic) bond motifs is 7. The third-order valence-corrected chi connectivity index (χ3v) is 21.0. The number of benzene rings is 2. The Hall–Kier alpha value is -3.49. The number of halogens is 1. The SMILES string of the molecule is CC(C)C1=C2[C@H]3CC[C@@H]4[C@@]5(C)CC[C@H](OC(=O)[C@H]6C[C@@H](C(=O)OCc7ccccc7)C6(C)C)C(C)(C)C5CC[C@@]4(C)[C@]3(C)CC[C@@]2(NC(=O)C(C)(C)NCC2(c3ccc(Cl)cc3)CC2)CC1=O. The molecule has 7 aliphatic rings. The van der Waals surface area contributed by atoms with E-state index in [1.165, 1.54) is 11.1 Å². The smallest absolute Gasteiger partial charge is 0.309 e. The molecule has 0 bridgehead atoms. The van der Waals surface area contributed by atoms with E-state index >= 15 is 0 Å². The van der Waals surface area contributed by atoms with Gasteiger partial charge in [-0.3, -0.25) is 19.2 Å². The monoisotopic (exact) mass is 935 g/mol. The molecular weight excluding hydrogens is 856 g/mol. The summed E-state index contributed by atoms with van der Waals surface area (Å²) in [5.74, 6) is 0.218. The van der Waals surface area contributed by atoms with Crippen LogP contribution in [0.5, 0.6) is 0 Å². The number of esters is 2. The van der Waals surface area contributed by atoms with E-state index in [-0.39, 0.29) is 87.1 Å². The average Bonchev–Trinajstić information content (AvgIpc) is 3.99. The van der Waals surface area contributed by atoms with Gasteiger partial charge in [0.15, 0.2) is 5.78 Å². The molecule has 1 amide bonds. The van der Waals surface area contributed by atoms with Crippen LogP contribution in [0.3, 0.4) is 0 Å². The van der Waals surface area contributed by atoms with Gasteiger partial charge in [-0.25, -0.2) is 0 Å². The summed E-state index contributed by atoms with van der Waals surface area (Å²) in [5.41, 5.74) is 2.19. The zero-order valence-electron chi connectivity index (χ0n) is 42.5. The highest BCUT2D eigenvalue weighted by Gasteiger charge is 2.71. The zero-order valence-corrected chi connectivity index (χ0v) is 43.2. The van der Waals surface area contributed by atoms with E-state index in [2.05, 4.69) is 71.2 Å². The van der Waals surface area contributed by atoms with Crippen molar-refractivity contribution >= 4 is 35.2 Å². The summed E-state index contributed by atoms with van der Waals surface area (Å²) in [6.45, 7) is 25.7. The van der Waals surface area contributed by atoms with Gasteiger partial charge in [0, 0.05) is 28.8 Å². The van der Waals surface area contributed by atoms with E-state index < -0.39 is 16.5 Å². The molecule has 0 radical (unpaired) electrons. The van der Waals surface area contributed by atoms with Crippen LogP contribution in [0.2, 0.25) is 5.02 Å². The summed E-state index contributed by atoms with van der Waals surface area (Å²) < 4.78 is 12.3. The van der Waals surface area contributed by atoms with Crippen LogP contribution in [0.25, 0.3) is 0 Å². The number of Topliss-reactive ketones (excluding diaryl/α,β-unsaturated/α-hetero) is 1. The highest BCUT2D eigenvalue weighted by atomic mass is 35.5. The minimum absolute atomic E-state index is 0.00797. The molecule has 0 heterocycles. The highest BCUT2D eigenvalue weighted by molar-refractivity contribution is 6.30. The molecule has 6 fully saturated rings. The van der Waals surface area contributed by atoms with Crippen molar-refractivity contribution in [3.05, 3.63) is 81.9 Å². The molecule has 0 spiro atoms. The van der Waals surface area contributed by atoms with Crippen molar-refractivity contribution in [2.45, 2.75) is 182 Å². The first-order chi connectivity index (χ1) is 31.4. The van der Waals surface area contributed by atoms with Crippen LogP contribution in [-0.4, -0.2) is 47.4 Å². The normalized spacial score (nSPS) is 36.7. The first-order valence-corrected chi connectivity index (χ1v) is 26.3. The maximum absolute atomic E-state index is 14.7. The van der Waals surface area contributed by atoms with Gasteiger partial charge >= 0.3 is 11.9 Å². The fraction of sp³-hybridized carbons (Fsp3) is 0.690. The Morgan fingerprint density at radius 1 is 0.761 bits per heavy atom. The van der Waals surface area contributed by atoms with Crippen LogP contribution in [-0.2, 0) is 40.7 Å². The van der Waals surface area contributed by atoms with E-state index in [0.717, 1.165) is 80.4 Å². The molecule has 2 N–H and O–H groups in total. The van der Waals surface area contributed by atoms with Crippen LogP contribution in [0.4, 0.5) is 0 Å². The number of rotatable bonds is 12. The van der Waals surface area contributed by atoms with E-state index in [1.54, 1.807) is 0 Å². The topological polar surface area (TPSA) is 111 Å². The van der Waals surface area contributed by atoms with Crippen molar-refractivity contribution in [1.82, 2.24) is 10.6 Å². The Bertz CT molecular complexity index is 2330. The Morgan fingerprint density at radius 2 is 1.43 bits per heavy atom. The number of hydrogen-bond acceptors (Lipinski definition) is 7. The standard InChI is InChI=1S/C58H79ClN2O6/c1-35(2)46-42(62)32-58(61-50(65)53(7,8)60-34-57(28-29-57)37-17-19-38(59)20-18-37)30-27-55(10)39(47(46)58)21-22-44-54(9)25-24-45(52(5,6)43(54)23-26-56(44,55)11)67-49(64)41-31-40(51(41,3)4)48(63)66-33-36-15-13-12-14-16-36/h12-20,35,39-41,43-45,60H,21-34H2,1-11H3,(H,61,65)/t39-,40+,41-,43?,44-,45+,54+,55-,56-,58-/m1/s1. The van der Waals surface area contributed by atoms with Crippen LogP contribution in [0.15, 0.2) is 65.7 Å². The van der Waals surface area contributed by atoms with Gasteiger partial charge in [-0.2, -0.15) is 0 Å². The van der Waals surface area contributed by atoms with Gasteiger partial charge in [0.25, 0.3) is 0 Å². The lowest BCUT2D eigenvalue weighted by Gasteiger charge is -2.72. The third-order valence-electron chi connectivity index (χ3n) is 20.8. The van der Waals surface area contributed by atoms with Crippen molar-refractivity contribution in [1.29, 1.82) is 0 Å². The van der Waals surface area contributed by atoms with Crippen LogP contribution in [0.1, 0.15) is 164 Å². The largest absolute Gasteiger partial charge is 0.462 e. The Labute approximate surface area is 406 Å². The second-order valence-electron chi connectivity index (χ2n) is 25.5. The van der Waals surface area contributed by atoms with Crippen LogP contribution < -0.4 is 10.6 Å². The quantitative estimate of drug-likeness (QED) is 0.204. The van der Waals surface area contributed by atoms with E-state index in [9.17, 15) is 19.2 Å². The van der Waals surface area contributed by atoms with Gasteiger partial charge in [0.05, 0.1) is 22.9 Å². The molecule has 9 rings (SSSR count). The van der Waals surface area contributed by atoms with Crippen molar-refractivity contribution in [2.24, 2.45) is 62.6 Å². The minimum atomic E-state index is -0.837. The Morgan fingerprint density at radius 3 is 2.07 bits per heavy atom. The number of carbonyl (C=O) groups is 4. The van der Waals surface area contributed by atoms with Crippen molar-refractivity contribution < 1.29 is 28.7 Å². The van der Waals surface area contributed by atoms with E-state index in [4.69, 9.17) is 21.1 Å². The number of nitrogens with one attached hydrogen (secondary N) is 2. The number of ether oxygens (including phenoxy) is 2. The van der Waals surface area contributed by atoms with Gasteiger partial charge in [-0.1, -0.05) is 116 Å². The van der Waals surface area contributed by atoms with Crippen molar-refractivity contribution in [2.75, 3.05) is 6.54 Å². The molecule has 7 aliphatic carbocycles. The highest BCUT2D eigenvalue weighted by Crippen LogP contribution is 2.76. The number of amides is 1. The van der Waals surface area contributed by atoms with E-state index in [0.29, 0.717) is 31.2 Å². The fourth-order valence-electron chi connectivity index (χ4n) is 16.1. The van der Waals surface area contributed by atoms with Crippen molar-refractivity contribution in [3.8, 4) is 0 Å². The maximum Gasteiger partial charge on any atom is 0.309 e. The van der Waals surface area contributed by atoms with E-state index in [1.807, 2.05) is 70.2 Å². The Balaban J connectivity index is 0.894. The molecule has 0 saturated heterocycles.